The fourth-order valence-electron chi connectivity index (χ4n) is 1.92. The lowest BCUT2D eigenvalue weighted by atomic mass is 10.2. The Kier molecular flexibility index (Phi) is 4.81. The first kappa shape index (κ1) is 11.9. The Bertz CT molecular complexity index is 136. The van der Waals surface area contributed by atoms with Crippen LogP contribution in [0.25, 0.3) is 0 Å². The van der Waals surface area contributed by atoms with E-state index in [0.717, 1.165) is 39.0 Å². The Hall–Kier alpha value is -0.160. The van der Waals surface area contributed by atoms with Gasteiger partial charge in [0.1, 0.15) is 0 Å². The standard InChI is InChI=1S/C10H24N4/c1-3-9(11)13-5-7-14(8-6-13)10(12)4-2/h9-10H,3-8,11-12H2,1-2H3. The van der Waals surface area contributed by atoms with E-state index in [2.05, 4.69) is 23.6 Å². The van der Waals surface area contributed by atoms with Crippen LogP contribution < -0.4 is 11.5 Å². The van der Waals surface area contributed by atoms with Crippen molar-refractivity contribution < 1.29 is 0 Å². The van der Waals surface area contributed by atoms with Crippen LogP contribution in [-0.2, 0) is 0 Å². The van der Waals surface area contributed by atoms with Gasteiger partial charge in [0.2, 0.25) is 0 Å². The van der Waals surface area contributed by atoms with Crippen molar-refractivity contribution in [2.45, 2.75) is 39.0 Å². The maximum absolute atomic E-state index is 5.98. The molecule has 0 spiro atoms. The monoisotopic (exact) mass is 200 g/mol. The lowest BCUT2D eigenvalue weighted by Gasteiger charge is -2.39. The Balaban J connectivity index is 2.31. The van der Waals surface area contributed by atoms with Crippen molar-refractivity contribution in [1.82, 2.24) is 9.80 Å². The number of nitrogens with zero attached hydrogens (tertiary/aromatic N) is 2. The molecule has 1 rings (SSSR count). The molecule has 0 radical (unpaired) electrons. The molecule has 2 atom stereocenters. The van der Waals surface area contributed by atoms with Gasteiger partial charge in [-0.1, -0.05) is 13.8 Å². The zero-order valence-electron chi connectivity index (χ0n) is 9.45. The van der Waals surface area contributed by atoms with Gasteiger partial charge < -0.3 is 11.5 Å². The van der Waals surface area contributed by atoms with Crippen LogP contribution in [0.1, 0.15) is 26.7 Å². The molecule has 0 bridgehead atoms. The highest BCUT2D eigenvalue weighted by atomic mass is 15.3. The minimum absolute atomic E-state index is 0.231. The minimum atomic E-state index is 0.231. The lowest BCUT2D eigenvalue weighted by Crippen LogP contribution is -2.56. The molecule has 4 nitrogen and oxygen atoms in total. The molecule has 1 heterocycles. The van der Waals surface area contributed by atoms with Crippen LogP contribution in [0.5, 0.6) is 0 Å². The topological polar surface area (TPSA) is 58.5 Å². The van der Waals surface area contributed by atoms with Crippen LogP contribution in [0.3, 0.4) is 0 Å². The molecular formula is C10H24N4. The average Bonchev–Trinajstić information content (AvgIpc) is 2.27. The third kappa shape index (κ3) is 2.92. The van der Waals surface area contributed by atoms with Gasteiger partial charge in [0.15, 0.2) is 0 Å². The van der Waals surface area contributed by atoms with E-state index in [9.17, 15) is 0 Å². The summed E-state index contributed by atoms with van der Waals surface area (Å²) in [4.78, 5) is 4.69. The third-order valence-electron chi connectivity index (χ3n) is 3.12. The first-order valence-corrected chi connectivity index (χ1v) is 5.68. The van der Waals surface area contributed by atoms with E-state index in [0.29, 0.717) is 0 Å². The second-order valence-electron chi connectivity index (χ2n) is 4.02. The number of nitrogens with two attached hydrogens (primary N) is 2. The summed E-state index contributed by atoms with van der Waals surface area (Å²) in [5.74, 6) is 0. The highest BCUT2D eigenvalue weighted by molar-refractivity contribution is 4.77. The third-order valence-corrected chi connectivity index (χ3v) is 3.12. The van der Waals surface area contributed by atoms with E-state index >= 15 is 0 Å². The van der Waals surface area contributed by atoms with Crippen molar-refractivity contribution >= 4 is 0 Å². The van der Waals surface area contributed by atoms with E-state index in [1.54, 1.807) is 0 Å². The summed E-state index contributed by atoms with van der Waals surface area (Å²) in [7, 11) is 0. The first-order valence-electron chi connectivity index (χ1n) is 5.68. The molecule has 84 valence electrons. The van der Waals surface area contributed by atoms with Crippen LogP contribution >= 0.6 is 0 Å². The molecular weight excluding hydrogens is 176 g/mol. The first-order chi connectivity index (χ1) is 6.69. The van der Waals surface area contributed by atoms with Crippen molar-refractivity contribution in [3.63, 3.8) is 0 Å². The van der Waals surface area contributed by atoms with Crippen LogP contribution in [-0.4, -0.2) is 48.3 Å². The molecule has 1 aliphatic rings. The van der Waals surface area contributed by atoms with Gasteiger partial charge in [-0.2, -0.15) is 0 Å². The SMILES string of the molecule is CCC(N)N1CCN(C(N)CC)CC1. The summed E-state index contributed by atoms with van der Waals surface area (Å²) in [6, 6.07) is 0. The molecule has 1 fully saturated rings. The Morgan fingerprint density at radius 3 is 1.36 bits per heavy atom. The largest absolute Gasteiger partial charge is 0.316 e. The Morgan fingerprint density at radius 2 is 1.14 bits per heavy atom. The predicted molar refractivity (Wildman–Crippen MR) is 59.7 cm³/mol. The molecule has 0 saturated carbocycles. The highest BCUT2D eigenvalue weighted by Gasteiger charge is 2.22. The van der Waals surface area contributed by atoms with Gasteiger partial charge in [-0.05, 0) is 12.8 Å². The van der Waals surface area contributed by atoms with E-state index in [4.69, 9.17) is 11.5 Å². The van der Waals surface area contributed by atoms with Gasteiger partial charge in [0, 0.05) is 26.2 Å². The minimum Gasteiger partial charge on any atom is -0.316 e. The average molecular weight is 200 g/mol. The fraction of sp³-hybridized carbons (Fsp3) is 1.00. The van der Waals surface area contributed by atoms with Gasteiger partial charge in [-0.3, -0.25) is 9.80 Å². The Morgan fingerprint density at radius 1 is 0.857 bits per heavy atom. The summed E-state index contributed by atoms with van der Waals surface area (Å²) >= 11 is 0. The summed E-state index contributed by atoms with van der Waals surface area (Å²) in [5.41, 5.74) is 12.0. The lowest BCUT2D eigenvalue weighted by molar-refractivity contribution is 0.0694. The second kappa shape index (κ2) is 5.66. The van der Waals surface area contributed by atoms with Crippen molar-refractivity contribution in [2.75, 3.05) is 26.2 Å². The van der Waals surface area contributed by atoms with Gasteiger partial charge in [-0.15, -0.1) is 0 Å². The summed E-state index contributed by atoms with van der Waals surface area (Å²) in [6.07, 6.45) is 2.52. The van der Waals surface area contributed by atoms with Crippen molar-refractivity contribution in [1.29, 1.82) is 0 Å². The maximum Gasteiger partial charge on any atom is 0.0570 e. The smallest absolute Gasteiger partial charge is 0.0570 e. The van der Waals surface area contributed by atoms with Gasteiger partial charge in [0.25, 0.3) is 0 Å². The molecule has 4 heteroatoms. The normalized spacial score (nSPS) is 24.9. The fourth-order valence-corrected chi connectivity index (χ4v) is 1.92. The number of rotatable bonds is 4. The molecule has 1 saturated heterocycles. The van der Waals surface area contributed by atoms with Crippen LogP contribution in [0.15, 0.2) is 0 Å². The van der Waals surface area contributed by atoms with Crippen LogP contribution in [0.4, 0.5) is 0 Å². The second-order valence-corrected chi connectivity index (χ2v) is 4.02. The zero-order chi connectivity index (χ0) is 10.6. The van der Waals surface area contributed by atoms with E-state index in [1.165, 1.54) is 0 Å². The highest BCUT2D eigenvalue weighted by Crippen LogP contribution is 2.08. The molecule has 0 aliphatic carbocycles. The number of piperazine rings is 1. The quantitative estimate of drug-likeness (QED) is 0.670. The van der Waals surface area contributed by atoms with Crippen molar-refractivity contribution in [3.05, 3.63) is 0 Å². The van der Waals surface area contributed by atoms with Crippen LogP contribution in [0.2, 0.25) is 0 Å². The van der Waals surface area contributed by atoms with Crippen molar-refractivity contribution in [3.8, 4) is 0 Å². The molecule has 0 aromatic carbocycles. The molecule has 0 aromatic heterocycles. The molecule has 14 heavy (non-hydrogen) atoms. The Labute approximate surface area is 87.2 Å². The number of hydrogen-bond donors (Lipinski definition) is 2. The van der Waals surface area contributed by atoms with Crippen molar-refractivity contribution in [2.24, 2.45) is 11.5 Å². The molecule has 0 aromatic rings. The van der Waals surface area contributed by atoms with E-state index in [-0.39, 0.29) is 12.3 Å². The summed E-state index contributed by atoms with van der Waals surface area (Å²) < 4.78 is 0. The summed E-state index contributed by atoms with van der Waals surface area (Å²) in [5, 5.41) is 0. The number of hydrogen-bond acceptors (Lipinski definition) is 4. The van der Waals surface area contributed by atoms with E-state index in [1.807, 2.05) is 0 Å². The zero-order valence-corrected chi connectivity index (χ0v) is 9.45. The molecule has 4 N–H and O–H groups in total. The summed E-state index contributed by atoms with van der Waals surface area (Å²) in [6.45, 7) is 8.50. The predicted octanol–water partition coefficient (Wildman–Crippen LogP) is -0.00640. The van der Waals surface area contributed by atoms with Gasteiger partial charge in [0.05, 0.1) is 12.3 Å². The molecule has 0 amide bonds. The van der Waals surface area contributed by atoms with Gasteiger partial charge in [-0.25, -0.2) is 0 Å². The van der Waals surface area contributed by atoms with E-state index < -0.39 is 0 Å². The van der Waals surface area contributed by atoms with Gasteiger partial charge >= 0.3 is 0 Å². The van der Waals surface area contributed by atoms with Crippen LogP contribution in [0, 0.1) is 0 Å². The molecule has 1 aliphatic heterocycles. The maximum atomic E-state index is 5.98. The molecule has 2 unspecified atom stereocenters.